The summed E-state index contributed by atoms with van der Waals surface area (Å²) in [5, 5.41) is 0. The Morgan fingerprint density at radius 2 is 1.58 bits per heavy atom. The molecule has 4 saturated carbocycles. The molecule has 5 fully saturated rings. The highest BCUT2D eigenvalue weighted by Gasteiger charge is 2.53. The number of rotatable bonds is 2. The lowest BCUT2D eigenvalue weighted by molar-refractivity contribution is -0.0987. The number of hydrogen-bond acceptors (Lipinski definition) is 3. The lowest BCUT2D eigenvalue weighted by atomic mass is 9.52. The number of carbonyl (C=O) groups is 1. The van der Waals surface area contributed by atoms with Crippen LogP contribution in [0.25, 0.3) is 0 Å². The number of halogens is 2. The largest absolute Gasteiger partial charge is 0.335 e. The molecule has 4 nitrogen and oxygen atoms in total. The molecule has 140 valence electrons. The van der Waals surface area contributed by atoms with Crippen LogP contribution in [0.5, 0.6) is 0 Å². The summed E-state index contributed by atoms with van der Waals surface area (Å²) in [6, 6.07) is 0.728. The Balaban J connectivity index is 1.27. The molecule has 4 bridgehead atoms. The van der Waals surface area contributed by atoms with E-state index in [0.717, 1.165) is 43.1 Å². The molecule has 0 atom stereocenters. The van der Waals surface area contributed by atoms with Crippen LogP contribution in [-0.2, 0) is 0 Å². The van der Waals surface area contributed by atoms with Gasteiger partial charge in [0.25, 0.3) is 5.91 Å². The SMILES string of the molecule is O=C(c1ncc(F)cc1F)N1CCN(C23CC4CC(CC(C4)C2)C3)CC1. The predicted molar refractivity (Wildman–Crippen MR) is 92.5 cm³/mol. The molecule has 1 aromatic rings. The van der Waals surface area contributed by atoms with Gasteiger partial charge in [-0.2, -0.15) is 0 Å². The van der Waals surface area contributed by atoms with Gasteiger partial charge in [-0.25, -0.2) is 13.8 Å². The number of nitrogens with zero attached hydrogens (tertiary/aromatic N) is 3. The maximum Gasteiger partial charge on any atom is 0.275 e. The molecule has 0 spiro atoms. The summed E-state index contributed by atoms with van der Waals surface area (Å²) < 4.78 is 26.9. The first-order valence-corrected chi connectivity index (χ1v) is 9.88. The highest BCUT2D eigenvalue weighted by molar-refractivity contribution is 5.92. The number of piperazine rings is 1. The molecule has 0 unspecified atom stereocenters. The third-order valence-corrected chi connectivity index (χ3v) is 7.25. The van der Waals surface area contributed by atoms with Crippen LogP contribution in [0.4, 0.5) is 8.78 Å². The molecule has 1 aliphatic heterocycles. The van der Waals surface area contributed by atoms with Crippen LogP contribution < -0.4 is 0 Å². The first kappa shape index (κ1) is 16.6. The van der Waals surface area contributed by atoms with Crippen molar-refractivity contribution < 1.29 is 13.6 Å². The van der Waals surface area contributed by atoms with Crippen molar-refractivity contribution in [2.75, 3.05) is 26.2 Å². The summed E-state index contributed by atoms with van der Waals surface area (Å²) in [6.07, 6.45) is 9.14. The van der Waals surface area contributed by atoms with E-state index in [9.17, 15) is 13.6 Å². The Bertz CT molecular complexity index is 694. The average Bonchev–Trinajstić information content (AvgIpc) is 2.60. The molecule has 6 rings (SSSR count). The van der Waals surface area contributed by atoms with E-state index in [0.29, 0.717) is 18.6 Å². The van der Waals surface area contributed by atoms with Gasteiger partial charge in [0.1, 0.15) is 5.82 Å². The van der Waals surface area contributed by atoms with Crippen LogP contribution in [0.2, 0.25) is 0 Å². The van der Waals surface area contributed by atoms with Gasteiger partial charge in [0, 0.05) is 37.8 Å². The highest BCUT2D eigenvalue weighted by atomic mass is 19.1. The fourth-order valence-electron chi connectivity index (χ4n) is 6.56. The number of aromatic nitrogens is 1. The predicted octanol–water partition coefficient (Wildman–Crippen LogP) is 3.09. The maximum atomic E-state index is 13.9. The van der Waals surface area contributed by atoms with Crippen molar-refractivity contribution in [2.24, 2.45) is 17.8 Å². The minimum Gasteiger partial charge on any atom is -0.335 e. The third-order valence-electron chi connectivity index (χ3n) is 7.25. The van der Waals surface area contributed by atoms with E-state index in [2.05, 4.69) is 9.88 Å². The minimum atomic E-state index is -0.876. The fraction of sp³-hybridized carbons (Fsp3) is 0.700. The quantitative estimate of drug-likeness (QED) is 0.812. The lowest BCUT2D eigenvalue weighted by Gasteiger charge is -2.61. The van der Waals surface area contributed by atoms with Crippen LogP contribution in [0.15, 0.2) is 12.3 Å². The van der Waals surface area contributed by atoms with Crippen LogP contribution in [0.3, 0.4) is 0 Å². The van der Waals surface area contributed by atoms with Gasteiger partial charge in [0.05, 0.1) is 6.20 Å². The molecule has 0 radical (unpaired) electrons. The number of hydrogen-bond donors (Lipinski definition) is 0. The van der Waals surface area contributed by atoms with Gasteiger partial charge < -0.3 is 4.90 Å². The molecule has 26 heavy (non-hydrogen) atoms. The van der Waals surface area contributed by atoms with Crippen molar-refractivity contribution in [1.82, 2.24) is 14.8 Å². The fourth-order valence-corrected chi connectivity index (χ4v) is 6.56. The molecule has 0 aromatic carbocycles. The van der Waals surface area contributed by atoms with Crippen molar-refractivity contribution in [3.05, 3.63) is 29.6 Å². The van der Waals surface area contributed by atoms with E-state index in [4.69, 9.17) is 0 Å². The smallest absolute Gasteiger partial charge is 0.275 e. The zero-order valence-electron chi connectivity index (χ0n) is 15.0. The topological polar surface area (TPSA) is 36.4 Å². The Morgan fingerprint density at radius 1 is 1.00 bits per heavy atom. The Hall–Kier alpha value is -1.56. The summed E-state index contributed by atoms with van der Waals surface area (Å²) >= 11 is 0. The van der Waals surface area contributed by atoms with Gasteiger partial charge in [0.2, 0.25) is 0 Å². The average molecular weight is 361 g/mol. The first-order chi connectivity index (χ1) is 12.5. The monoisotopic (exact) mass is 361 g/mol. The van der Waals surface area contributed by atoms with Gasteiger partial charge in [-0.1, -0.05) is 0 Å². The first-order valence-electron chi connectivity index (χ1n) is 9.88. The Labute approximate surface area is 152 Å². The standard InChI is InChI=1S/C20H25F2N3O/c21-16-8-17(22)18(23-12-16)19(26)24-1-3-25(4-2-24)20-9-13-5-14(10-20)7-15(6-13)11-20/h8,12-15H,1-7,9-11H2. The van der Waals surface area contributed by atoms with Crippen LogP contribution >= 0.6 is 0 Å². The molecular weight excluding hydrogens is 336 g/mol. The normalized spacial score (nSPS) is 36.5. The van der Waals surface area contributed by atoms with Crippen LogP contribution in [-0.4, -0.2) is 52.4 Å². The van der Waals surface area contributed by atoms with Gasteiger partial charge in [-0.05, 0) is 56.3 Å². The lowest BCUT2D eigenvalue weighted by Crippen LogP contribution is -2.64. The van der Waals surface area contributed by atoms with Gasteiger partial charge in [0.15, 0.2) is 11.5 Å². The second kappa shape index (κ2) is 5.98. The van der Waals surface area contributed by atoms with Gasteiger partial charge >= 0.3 is 0 Å². The van der Waals surface area contributed by atoms with Gasteiger partial charge in [-0.15, -0.1) is 0 Å². The van der Waals surface area contributed by atoms with E-state index < -0.39 is 17.5 Å². The minimum absolute atomic E-state index is 0.269. The molecular formula is C20H25F2N3O. The summed E-state index contributed by atoms with van der Waals surface area (Å²) in [5.41, 5.74) is 0.0816. The van der Waals surface area contributed by atoms with E-state index in [1.807, 2.05) is 0 Å². The van der Waals surface area contributed by atoms with Crippen molar-refractivity contribution >= 4 is 5.91 Å². The molecule has 0 N–H and O–H groups in total. The van der Waals surface area contributed by atoms with E-state index in [1.54, 1.807) is 4.90 Å². The molecule has 6 heteroatoms. The van der Waals surface area contributed by atoms with Crippen molar-refractivity contribution in [3.8, 4) is 0 Å². The zero-order valence-corrected chi connectivity index (χ0v) is 15.0. The molecule has 1 amide bonds. The third kappa shape index (κ3) is 2.65. The second-order valence-electron chi connectivity index (χ2n) is 8.91. The van der Waals surface area contributed by atoms with Gasteiger partial charge in [-0.3, -0.25) is 9.69 Å². The summed E-state index contributed by atoms with van der Waals surface area (Å²) in [4.78, 5) is 20.5. The Kier molecular flexibility index (Phi) is 3.82. The van der Waals surface area contributed by atoms with Crippen molar-refractivity contribution in [2.45, 2.75) is 44.1 Å². The second-order valence-corrected chi connectivity index (χ2v) is 8.91. The van der Waals surface area contributed by atoms with Crippen molar-refractivity contribution in [3.63, 3.8) is 0 Å². The number of amides is 1. The summed E-state index contributed by atoms with van der Waals surface area (Å²) in [6.45, 7) is 2.89. The summed E-state index contributed by atoms with van der Waals surface area (Å²) in [5.74, 6) is 0.645. The van der Waals surface area contributed by atoms with E-state index in [1.165, 1.54) is 38.5 Å². The molecule has 4 aliphatic carbocycles. The maximum absolute atomic E-state index is 13.9. The molecule has 2 heterocycles. The van der Waals surface area contributed by atoms with Crippen LogP contribution in [0, 0.1) is 29.4 Å². The summed E-state index contributed by atoms with van der Waals surface area (Å²) in [7, 11) is 0. The van der Waals surface area contributed by atoms with E-state index in [-0.39, 0.29) is 5.69 Å². The number of carbonyl (C=O) groups excluding carboxylic acids is 1. The molecule has 1 saturated heterocycles. The highest BCUT2D eigenvalue weighted by Crippen LogP contribution is 2.57. The molecule has 1 aromatic heterocycles. The zero-order chi connectivity index (χ0) is 17.9. The van der Waals surface area contributed by atoms with E-state index >= 15 is 0 Å². The van der Waals surface area contributed by atoms with Crippen molar-refractivity contribution in [1.29, 1.82) is 0 Å². The van der Waals surface area contributed by atoms with Crippen LogP contribution in [0.1, 0.15) is 49.0 Å². The Morgan fingerprint density at radius 3 is 2.12 bits per heavy atom. The number of pyridine rings is 1. The molecule has 5 aliphatic rings.